The van der Waals surface area contributed by atoms with Gasteiger partial charge in [0, 0.05) is 19.0 Å². The zero-order valence-corrected chi connectivity index (χ0v) is 11.7. The summed E-state index contributed by atoms with van der Waals surface area (Å²) in [6.45, 7) is 6.27. The van der Waals surface area contributed by atoms with Crippen molar-refractivity contribution in [1.82, 2.24) is 10.2 Å². The fourth-order valence-corrected chi connectivity index (χ4v) is 2.02. The van der Waals surface area contributed by atoms with Crippen LogP contribution < -0.4 is 10.2 Å². The maximum Gasteiger partial charge on any atom is 0.228 e. The van der Waals surface area contributed by atoms with E-state index in [2.05, 4.69) is 34.3 Å². The second-order valence-corrected chi connectivity index (χ2v) is 5.03. The molecule has 0 aromatic carbocycles. The minimum Gasteiger partial charge on any atom is -0.355 e. The summed E-state index contributed by atoms with van der Waals surface area (Å²) in [6, 6.07) is 3.77. The third-order valence-electron chi connectivity index (χ3n) is 3.16. The van der Waals surface area contributed by atoms with Crippen LogP contribution in [0.4, 0.5) is 11.6 Å². The SMILES string of the molecule is CCCN(CCC)c1ccc(NC(=O)C2CC2)nn1. The Morgan fingerprint density at radius 1 is 1.26 bits per heavy atom. The van der Waals surface area contributed by atoms with Gasteiger partial charge < -0.3 is 10.2 Å². The van der Waals surface area contributed by atoms with E-state index in [1.54, 1.807) is 0 Å². The molecule has 0 atom stereocenters. The highest BCUT2D eigenvalue weighted by Crippen LogP contribution is 2.29. The number of nitrogens with one attached hydrogen (secondary N) is 1. The summed E-state index contributed by atoms with van der Waals surface area (Å²) < 4.78 is 0. The first kappa shape index (κ1) is 13.8. The van der Waals surface area contributed by atoms with E-state index in [4.69, 9.17) is 0 Å². The lowest BCUT2D eigenvalue weighted by Crippen LogP contribution is -2.26. The molecule has 0 bridgehead atoms. The van der Waals surface area contributed by atoms with E-state index in [0.717, 1.165) is 44.6 Å². The van der Waals surface area contributed by atoms with Crippen LogP contribution in [0, 0.1) is 5.92 Å². The van der Waals surface area contributed by atoms with Gasteiger partial charge in [0.25, 0.3) is 0 Å². The Balaban J connectivity index is 1.97. The number of hydrogen-bond donors (Lipinski definition) is 1. The van der Waals surface area contributed by atoms with Crippen LogP contribution in [-0.4, -0.2) is 29.2 Å². The Kier molecular flexibility index (Phi) is 4.71. The molecule has 2 rings (SSSR count). The molecule has 5 heteroatoms. The van der Waals surface area contributed by atoms with Crippen LogP contribution >= 0.6 is 0 Å². The first-order valence-electron chi connectivity index (χ1n) is 7.14. The average Bonchev–Trinajstić information content (AvgIpc) is 3.24. The molecule has 0 spiro atoms. The molecular weight excluding hydrogens is 240 g/mol. The van der Waals surface area contributed by atoms with Crippen LogP contribution in [0.15, 0.2) is 12.1 Å². The number of carbonyl (C=O) groups is 1. The van der Waals surface area contributed by atoms with Gasteiger partial charge in [0.1, 0.15) is 0 Å². The molecule has 104 valence electrons. The van der Waals surface area contributed by atoms with Crippen LogP contribution in [-0.2, 0) is 4.79 Å². The van der Waals surface area contributed by atoms with E-state index < -0.39 is 0 Å². The van der Waals surface area contributed by atoms with Crippen molar-refractivity contribution in [2.75, 3.05) is 23.3 Å². The zero-order valence-electron chi connectivity index (χ0n) is 11.7. The molecule has 5 nitrogen and oxygen atoms in total. The van der Waals surface area contributed by atoms with E-state index in [1.165, 1.54) is 0 Å². The van der Waals surface area contributed by atoms with Crippen LogP contribution in [0.5, 0.6) is 0 Å². The number of rotatable bonds is 7. The maximum absolute atomic E-state index is 11.6. The third-order valence-corrected chi connectivity index (χ3v) is 3.16. The number of anilines is 2. The lowest BCUT2D eigenvalue weighted by Gasteiger charge is -2.21. The van der Waals surface area contributed by atoms with E-state index in [-0.39, 0.29) is 11.8 Å². The Morgan fingerprint density at radius 2 is 1.95 bits per heavy atom. The summed E-state index contributed by atoms with van der Waals surface area (Å²) in [6.07, 6.45) is 4.17. The van der Waals surface area contributed by atoms with Crippen molar-refractivity contribution < 1.29 is 4.79 Å². The molecule has 1 aliphatic rings. The van der Waals surface area contributed by atoms with Gasteiger partial charge in [-0.25, -0.2) is 0 Å². The van der Waals surface area contributed by atoms with Crippen LogP contribution in [0.1, 0.15) is 39.5 Å². The first-order valence-corrected chi connectivity index (χ1v) is 7.14. The quantitative estimate of drug-likeness (QED) is 0.820. The molecule has 1 heterocycles. The van der Waals surface area contributed by atoms with Gasteiger partial charge in [0.2, 0.25) is 5.91 Å². The van der Waals surface area contributed by atoms with Crippen molar-refractivity contribution in [3.05, 3.63) is 12.1 Å². The minimum absolute atomic E-state index is 0.0704. The van der Waals surface area contributed by atoms with Gasteiger partial charge in [-0.3, -0.25) is 4.79 Å². The molecule has 1 N–H and O–H groups in total. The molecule has 1 saturated carbocycles. The van der Waals surface area contributed by atoms with Crippen molar-refractivity contribution in [1.29, 1.82) is 0 Å². The third kappa shape index (κ3) is 3.91. The summed E-state index contributed by atoms with van der Waals surface area (Å²) in [4.78, 5) is 13.8. The Bertz CT molecular complexity index is 408. The van der Waals surface area contributed by atoms with Gasteiger partial charge in [0.15, 0.2) is 11.6 Å². The predicted octanol–water partition coefficient (Wildman–Crippen LogP) is 2.45. The molecule has 1 fully saturated rings. The zero-order chi connectivity index (χ0) is 13.7. The normalized spacial score (nSPS) is 14.2. The van der Waals surface area contributed by atoms with E-state index >= 15 is 0 Å². The van der Waals surface area contributed by atoms with Crippen molar-refractivity contribution >= 4 is 17.5 Å². The summed E-state index contributed by atoms with van der Waals surface area (Å²) in [7, 11) is 0. The van der Waals surface area contributed by atoms with Crippen molar-refractivity contribution in [2.24, 2.45) is 5.92 Å². The fourth-order valence-electron chi connectivity index (χ4n) is 2.02. The van der Waals surface area contributed by atoms with Gasteiger partial charge >= 0.3 is 0 Å². The highest BCUT2D eigenvalue weighted by atomic mass is 16.2. The van der Waals surface area contributed by atoms with Crippen LogP contribution in [0.2, 0.25) is 0 Å². The van der Waals surface area contributed by atoms with Crippen molar-refractivity contribution in [2.45, 2.75) is 39.5 Å². The largest absolute Gasteiger partial charge is 0.355 e. The molecule has 0 unspecified atom stereocenters. The molecule has 1 aliphatic carbocycles. The van der Waals surface area contributed by atoms with Crippen LogP contribution in [0.25, 0.3) is 0 Å². The molecule has 0 aliphatic heterocycles. The van der Waals surface area contributed by atoms with Gasteiger partial charge in [-0.05, 0) is 37.8 Å². The monoisotopic (exact) mass is 262 g/mol. The Morgan fingerprint density at radius 3 is 2.42 bits per heavy atom. The fraction of sp³-hybridized carbons (Fsp3) is 0.643. The summed E-state index contributed by atoms with van der Waals surface area (Å²) in [5, 5.41) is 11.1. The summed E-state index contributed by atoms with van der Waals surface area (Å²) in [5.74, 6) is 1.70. The summed E-state index contributed by atoms with van der Waals surface area (Å²) in [5.41, 5.74) is 0. The molecule has 1 amide bonds. The molecular formula is C14H22N4O. The van der Waals surface area contributed by atoms with Gasteiger partial charge in [-0.1, -0.05) is 13.8 Å². The maximum atomic E-state index is 11.6. The number of amides is 1. The Hall–Kier alpha value is -1.65. The molecule has 1 aromatic heterocycles. The van der Waals surface area contributed by atoms with E-state index in [1.807, 2.05) is 12.1 Å². The average molecular weight is 262 g/mol. The number of aromatic nitrogens is 2. The van der Waals surface area contributed by atoms with Gasteiger partial charge in [-0.15, -0.1) is 10.2 Å². The van der Waals surface area contributed by atoms with Crippen LogP contribution in [0.3, 0.4) is 0 Å². The van der Waals surface area contributed by atoms with Crippen molar-refractivity contribution in [3.63, 3.8) is 0 Å². The molecule has 19 heavy (non-hydrogen) atoms. The molecule has 0 radical (unpaired) electrons. The Labute approximate surface area is 114 Å². The lowest BCUT2D eigenvalue weighted by molar-refractivity contribution is -0.117. The predicted molar refractivity (Wildman–Crippen MR) is 76.2 cm³/mol. The number of nitrogens with zero attached hydrogens (tertiary/aromatic N) is 3. The van der Waals surface area contributed by atoms with E-state index in [0.29, 0.717) is 5.82 Å². The highest BCUT2D eigenvalue weighted by Gasteiger charge is 2.29. The molecule has 1 aromatic rings. The lowest BCUT2D eigenvalue weighted by atomic mass is 10.3. The first-order chi connectivity index (χ1) is 9.24. The topological polar surface area (TPSA) is 58.1 Å². The smallest absolute Gasteiger partial charge is 0.228 e. The summed E-state index contributed by atoms with van der Waals surface area (Å²) >= 11 is 0. The standard InChI is InChI=1S/C14H22N4O/c1-3-9-18(10-4-2)13-8-7-12(16-17-13)15-14(19)11-5-6-11/h7-8,11H,3-6,9-10H2,1-2H3,(H,15,16,19). The van der Waals surface area contributed by atoms with Gasteiger partial charge in [-0.2, -0.15) is 0 Å². The van der Waals surface area contributed by atoms with Gasteiger partial charge in [0.05, 0.1) is 0 Å². The molecule has 0 saturated heterocycles. The number of carbonyl (C=O) groups excluding carboxylic acids is 1. The second-order valence-electron chi connectivity index (χ2n) is 5.03. The highest BCUT2D eigenvalue weighted by molar-refractivity contribution is 5.93. The minimum atomic E-state index is 0.0704. The van der Waals surface area contributed by atoms with E-state index in [9.17, 15) is 4.79 Å². The van der Waals surface area contributed by atoms with Crippen molar-refractivity contribution in [3.8, 4) is 0 Å². The number of hydrogen-bond acceptors (Lipinski definition) is 4. The second kappa shape index (κ2) is 6.50.